The molecule has 1 aliphatic heterocycles. The van der Waals surface area contributed by atoms with E-state index in [0.717, 1.165) is 35.2 Å². The van der Waals surface area contributed by atoms with Gasteiger partial charge in [0.25, 0.3) is 5.56 Å². The fourth-order valence-electron chi connectivity index (χ4n) is 3.90. The average molecular weight is 432 g/mol. The number of amides is 1. The van der Waals surface area contributed by atoms with Gasteiger partial charge >= 0.3 is 6.09 Å². The minimum absolute atomic E-state index is 0.00822. The summed E-state index contributed by atoms with van der Waals surface area (Å²) in [6.07, 6.45) is 5.63. The lowest BCUT2D eigenvalue weighted by molar-refractivity contribution is 0.160. The SMILES string of the molecule is O=C1OCCN1CCSc1nc2sc3c(c2c(=O)n1Cc1ccco1)CCCC3. The van der Waals surface area contributed by atoms with Gasteiger partial charge in [0.15, 0.2) is 5.16 Å². The number of ether oxygens (including phenoxy) is 1. The zero-order valence-electron chi connectivity index (χ0n) is 15.9. The lowest BCUT2D eigenvalue weighted by Crippen LogP contribution is -2.28. The van der Waals surface area contributed by atoms with Gasteiger partial charge in [0.2, 0.25) is 0 Å². The van der Waals surface area contributed by atoms with Crippen LogP contribution in [0.2, 0.25) is 0 Å². The molecule has 1 saturated heterocycles. The van der Waals surface area contributed by atoms with E-state index in [1.807, 2.05) is 12.1 Å². The monoisotopic (exact) mass is 431 g/mol. The number of aromatic nitrogens is 2. The topological polar surface area (TPSA) is 77.6 Å². The zero-order chi connectivity index (χ0) is 19.8. The first-order valence-corrected chi connectivity index (χ1v) is 11.6. The summed E-state index contributed by atoms with van der Waals surface area (Å²) in [7, 11) is 0. The highest BCUT2D eigenvalue weighted by molar-refractivity contribution is 7.99. The van der Waals surface area contributed by atoms with Crippen molar-refractivity contribution < 1.29 is 13.9 Å². The summed E-state index contributed by atoms with van der Waals surface area (Å²) in [5, 5.41) is 1.45. The van der Waals surface area contributed by atoms with E-state index in [1.54, 1.807) is 27.1 Å². The summed E-state index contributed by atoms with van der Waals surface area (Å²) >= 11 is 3.16. The van der Waals surface area contributed by atoms with Crippen molar-refractivity contribution in [2.24, 2.45) is 0 Å². The van der Waals surface area contributed by atoms with Gasteiger partial charge in [-0.05, 0) is 43.4 Å². The summed E-state index contributed by atoms with van der Waals surface area (Å²) in [5.41, 5.74) is 1.20. The number of rotatable bonds is 6. The molecule has 0 radical (unpaired) electrons. The minimum atomic E-state index is -0.270. The summed E-state index contributed by atoms with van der Waals surface area (Å²) < 4.78 is 12.2. The molecule has 1 aliphatic carbocycles. The maximum atomic E-state index is 13.5. The Morgan fingerprint density at radius 3 is 2.93 bits per heavy atom. The Labute approximate surface area is 175 Å². The second-order valence-corrected chi connectivity index (χ2v) is 9.35. The second kappa shape index (κ2) is 7.87. The molecule has 0 unspecified atom stereocenters. The van der Waals surface area contributed by atoms with Crippen LogP contribution in [0.25, 0.3) is 10.2 Å². The number of cyclic esters (lactones) is 1. The molecule has 1 amide bonds. The van der Waals surface area contributed by atoms with Crippen LogP contribution in [-0.2, 0) is 24.1 Å². The molecule has 7 nitrogen and oxygen atoms in total. The van der Waals surface area contributed by atoms with Crippen LogP contribution < -0.4 is 5.56 Å². The lowest BCUT2D eigenvalue weighted by atomic mass is 9.97. The van der Waals surface area contributed by atoms with Gasteiger partial charge in [-0.15, -0.1) is 11.3 Å². The third kappa shape index (κ3) is 3.57. The Morgan fingerprint density at radius 1 is 1.24 bits per heavy atom. The van der Waals surface area contributed by atoms with Crippen molar-refractivity contribution in [3.63, 3.8) is 0 Å². The van der Waals surface area contributed by atoms with Crippen LogP contribution in [0, 0.1) is 0 Å². The molecule has 152 valence electrons. The highest BCUT2D eigenvalue weighted by atomic mass is 32.2. The largest absolute Gasteiger partial charge is 0.467 e. The van der Waals surface area contributed by atoms with Crippen LogP contribution in [0.15, 0.2) is 32.8 Å². The standard InChI is InChI=1S/C20H21N3O4S2/c24-18-16-14-5-1-2-6-15(14)29-17(16)21-19(23(18)12-13-4-3-9-26-13)28-11-8-22-7-10-27-20(22)25/h3-4,9H,1-2,5-8,10-12H2. The number of fused-ring (bicyclic) bond motifs is 3. The van der Waals surface area contributed by atoms with Crippen molar-refractivity contribution in [2.75, 3.05) is 25.4 Å². The number of carbonyl (C=O) groups excluding carboxylic acids is 1. The molecule has 4 heterocycles. The van der Waals surface area contributed by atoms with Crippen molar-refractivity contribution in [3.05, 3.63) is 45.0 Å². The number of thiophene rings is 1. The summed E-state index contributed by atoms with van der Waals surface area (Å²) in [4.78, 5) is 33.8. The first-order chi connectivity index (χ1) is 14.2. The first-order valence-electron chi connectivity index (χ1n) is 9.82. The quantitative estimate of drug-likeness (QED) is 0.439. The van der Waals surface area contributed by atoms with Crippen molar-refractivity contribution >= 4 is 39.4 Å². The van der Waals surface area contributed by atoms with E-state index in [2.05, 4.69) is 0 Å². The Kier molecular flexibility index (Phi) is 5.09. The van der Waals surface area contributed by atoms with E-state index in [1.165, 1.54) is 28.6 Å². The van der Waals surface area contributed by atoms with Crippen LogP contribution in [-0.4, -0.2) is 46.0 Å². The number of furan rings is 1. The van der Waals surface area contributed by atoms with Gasteiger partial charge in [-0.2, -0.15) is 0 Å². The summed E-state index contributed by atoms with van der Waals surface area (Å²) in [5.74, 6) is 1.37. The van der Waals surface area contributed by atoms with Gasteiger partial charge in [0.05, 0.1) is 24.7 Å². The predicted octanol–water partition coefficient (Wildman–Crippen LogP) is 3.52. The second-order valence-electron chi connectivity index (χ2n) is 7.21. The summed E-state index contributed by atoms with van der Waals surface area (Å²) in [6.45, 7) is 1.98. The Morgan fingerprint density at radius 2 is 2.14 bits per heavy atom. The maximum Gasteiger partial charge on any atom is 0.409 e. The van der Waals surface area contributed by atoms with Gasteiger partial charge in [-0.1, -0.05) is 11.8 Å². The molecule has 0 N–H and O–H groups in total. The number of aryl methyl sites for hydroxylation is 2. The third-order valence-electron chi connectivity index (χ3n) is 5.37. The predicted molar refractivity (Wildman–Crippen MR) is 112 cm³/mol. The number of hydrogen-bond acceptors (Lipinski definition) is 7. The molecule has 5 rings (SSSR count). The number of nitrogens with zero attached hydrogens (tertiary/aromatic N) is 3. The molecule has 9 heteroatoms. The van der Waals surface area contributed by atoms with E-state index in [0.29, 0.717) is 37.2 Å². The molecule has 1 fully saturated rings. The van der Waals surface area contributed by atoms with E-state index < -0.39 is 0 Å². The molecular formula is C20H21N3O4S2. The fourth-order valence-corrected chi connectivity index (χ4v) is 6.17. The molecule has 0 aromatic carbocycles. The third-order valence-corrected chi connectivity index (χ3v) is 7.51. The first kappa shape index (κ1) is 18.7. The van der Waals surface area contributed by atoms with E-state index in [9.17, 15) is 9.59 Å². The van der Waals surface area contributed by atoms with Crippen LogP contribution >= 0.6 is 23.1 Å². The van der Waals surface area contributed by atoms with E-state index in [4.69, 9.17) is 14.1 Å². The molecule has 3 aromatic rings. The number of thioether (sulfide) groups is 1. The lowest BCUT2D eigenvalue weighted by Gasteiger charge is -2.14. The highest BCUT2D eigenvalue weighted by Crippen LogP contribution is 2.34. The summed E-state index contributed by atoms with van der Waals surface area (Å²) in [6, 6.07) is 3.69. The van der Waals surface area contributed by atoms with Crippen molar-refractivity contribution in [2.45, 2.75) is 37.4 Å². The average Bonchev–Trinajstić information content (AvgIpc) is 3.45. The molecule has 3 aromatic heterocycles. The Hall–Kier alpha value is -2.26. The van der Waals surface area contributed by atoms with Crippen LogP contribution in [0.1, 0.15) is 29.0 Å². The molecule has 0 saturated carbocycles. The molecule has 29 heavy (non-hydrogen) atoms. The molecule has 0 atom stereocenters. The highest BCUT2D eigenvalue weighted by Gasteiger charge is 2.24. The van der Waals surface area contributed by atoms with E-state index in [-0.39, 0.29) is 11.7 Å². The fraction of sp³-hybridized carbons (Fsp3) is 0.450. The molecule has 2 aliphatic rings. The maximum absolute atomic E-state index is 13.5. The normalized spacial score (nSPS) is 16.4. The Bertz CT molecular complexity index is 1100. The van der Waals surface area contributed by atoms with Gasteiger partial charge < -0.3 is 14.1 Å². The van der Waals surface area contributed by atoms with Crippen LogP contribution in [0.5, 0.6) is 0 Å². The molecule has 0 bridgehead atoms. The zero-order valence-corrected chi connectivity index (χ0v) is 17.5. The Balaban J connectivity index is 1.50. The number of hydrogen-bond donors (Lipinski definition) is 0. The van der Waals surface area contributed by atoms with E-state index >= 15 is 0 Å². The minimum Gasteiger partial charge on any atom is -0.467 e. The van der Waals surface area contributed by atoms with Crippen LogP contribution in [0.3, 0.4) is 0 Å². The smallest absolute Gasteiger partial charge is 0.409 e. The van der Waals surface area contributed by atoms with Gasteiger partial charge in [0, 0.05) is 17.2 Å². The van der Waals surface area contributed by atoms with Gasteiger partial charge in [-0.25, -0.2) is 9.78 Å². The van der Waals surface area contributed by atoms with Crippen LogP contribution in [0.4, 0.5) is 4.79 Å². The van der Waals surface area contributed by atoms with Gasteiger partial charge in [0.1, 0.15) is 17.2 Å². The van der Waals surface area contributed by atoms with Crippen molar-refractivity contribution in [1.82, 2.24) is 14.5 Å². The van der Waals surface area contributed by atoms with Crippen molar-refractivity contribution in [1.29, 1.82) is 0 Å². The molecular weight excluding hydrogens is 410 g/mol. The van der Waals surface area contributed by atoms with Gasteiger partial charge in [-0.3, -0.25) is 9.36 Å². The molecule has 0 spiro atoms. The van der Waals surface area contributed by atoms with Crippen molar-refractivity contribution in [3.8, 4) is 0 Å². The number of carbonyl (C=O) groups is 1.